The normalized spacial score (nSPS) is 12.2. The summed E-state index contributed by atoms with van der Waals surface area (Å²) in [6.07, 6.45) is 10.9. The van der Waals surface area contributed by atoms with Crippen molar-refractivity contribution in [3.63, 3.8) is 0 Å². The average Bonchev–Trinajstić information content (AvgIpc) is 3.85. The van der Waals surface area contributed by atoms with Crippen molar-refractivity contribution in [1.29, 1.82) is 0 Å². The van der Waals surface area contributed by atoms with Crippen molar-refractivity contribution in [2.24, 2.45) is 0 Å². The predicted molar refractivity (Wildman–Crippen MR) is 215 cm³/mol. The standard InChI is InChI=1S/C47H39N2O4.Fe/c1-50-39-19-9-33(10-20-39)48(34-11-21-40(51-2)22-12-34)37-17-27-43-44-28-18-38(31-47(44)45(46(43)30-37)29-32-7-5-6-8-32)49(35-13-23-41(52-3)24-14-35)36-15-25-42(53-4)26-16-36;/h5,7,9-31H,6H2,1-4H3;/q-1;. The zero-order chi connectivity index (χ0) is 36.3. The fourth-order valence-electron chi connectivity index (χ4n) is 7.05. The fraction of sp³-hybridized carbons (Fsp3) is 0.106. The van der Waals surface area contributed by atoms with Crippen LogP contribution in [0.4, 0.5) is 34.1 Å². The van der Waals surface area contributed by atoms with Crippen molar-refractivity contribution in [2.45, 2.75) is 6.42 Å². The molecule has 0 fully saturated rings. The molecule has 6 aromatic carbocycles. The molecule has 0 radical (unpaired) electrons. The maximum atomic E-state index is 5.50. The topological polar surface area (TPSA) is 43.4 Å². The molecule has 2 aliphatic rings. The number of methoxy groups -OCH3 is 4. The molecule has 270 valence electrons. The maximum Gasteiger partial charge on any atom is 0.119 e. The number of anilines is 6. The quantitative estimate of drug-likeness (QED) is 0.0969. The minimum absolute atomic E-state index is 0. The van der Waals surface area contributed by atoms with E-state index in [1.165, 1.54) is 11.1 Å². The van der Waals surface area contributed by atoms with E-state index in [0.717, 1.165) is 85.8 Å². The van der Waals surface area contributed by atoms with Crippen LogP contribution in [0.15, 0.2) is 157 Å². The minimum atomic E-state index is 0. The Bertz CT molecular complexity index is 2100. The summed E-state index contributed by atoms with van der Waals surface area (Å²) in [4.78, 5) is 4.53. The molecular weight excluding hydrogens is 712 g/mol. The van der Waals surface area contributed by atoms with Crippen LogP contribution in [0.5, 0.6) is 23.0 Å². The molecular formula is C47H39FeN2O4-. The van der Waals surface area contributed by atoms with Crippen molar-refractivity contribution in [1.82, 2.24) is 0 Å². The van der Waals surface area contributed by atoms with Gasteiger partial charge in [-0.2, -0.15) is 23.8 Å². The van der Waals surface area contributed by atoms with E-state index >= 15 is 0 Å². The van der Waals surface area contributed by atoms with Crippen molar-refractivity contribution >= 4 is 39.7 Å². The van der Waals surface area contributed by atoms with Gasteiger partial charge in [-0.05, 0) is 144 Å². The molecule has 0 spiro atoms. The van der Waals surface area contributed by atoms with Crippen molar-refractivity contribution in [3.8, 4) is 34.1 Å². The van der Waals surface area contributed by atoms with Crippen LogP contribution >= 0.6 is 0 Å². The summed E-state index contributed by atoms with van der Waals surface area (Å²) in [5.41, 5.74) is 13.1. The summed E-state index contributed by atoms with van der Waals surface area (Å²) < 4.78 is 22.0. The molecule has 0 saturated heterocycles. The van der Waals surface area contributed by atoms with E-state index in [4.69, 9.17) is 18.9 Å². The molecule has 54 heavy (non-hydrogen) atoms. The largest absolute Gasteiger partial charge is 0.497 e. The van der Waals surface area contributed by atoms with Crippen LogP contribution in [0, 0.1) is 6.08 Å². The van der Waals surface area contributed by atoms with Crippen LogP contribution in [0.3, 0.4) is 0 Å². The van der Waals surface area contributed by atoms with E-state index in [2.05, 4.69) is 119 Å². The summed E-state index contributed by atoms with van der Waals surface area (Å²) >= 11 is 0. The fourth-order valence-corrected chi connectivity index (χ4v) is 7.05. The van der Waals surface area contributed by atoms with E-state index < -0.39 is 0 Å². The first-order chi connectivity index (χ1) is 26.1. The Kier molecular flexibility index (Phi) is 10.6. The van der Waals surface area contributed by atoms with E-state index in [9.17, 15) is 0 Å². The van der Waals surface area contributed by atoms with Crippen LogP contribution in [0.25, 0.3) is 16.7 Å². The van der Waals surface area contributed by atoms with Gasteiger partial charge in [0.05, 0.1) is 28.4 Å². The molecule has 8 rings (SSSR count). The number of fused-ring (bicyclic) bond motifs is 3. The molecule has 7 heteroatoms. The van der Waals surface area contributed by atoms with E-state index in [1.54, 1.807) is 28.4 Å². The van der Waals surface area contributed by atoms with Gasteiger partial charge < -0.3 is 28.7 Å². The SMILES string of the molecule is COc1ccc(N(c2ccc(OC)cc2)c2ccc3c(c2)C(=CC2=[C-]CC=C2)c2cc(N(c4ccc(OC)cc4)c4ccc(OC)cc4)ccc2-3)cc1.[Fe]. The van der Waals surface area contributed by atoms with Gasteiger partial charge in [-0.15, -0.1) is 6.08 Å². The van der Waals surface area contributed by atoms with Gasteiger partial charge in [0.25, 0.3) is 0 Å². The van der Waals surface area contributed by atoms with E-state index in [0.29, 0.717) is 0 Å². The van der Waals surface area contributed by atoms with E-state index in [-0.39, 0.29) is 17.1 Å². The molecule has 0 N–H and O–H groups in total. The van der Waals surface area contributed by atoms with Crippen LogP contribution in [-0.2, 0) is 17.1 Å². The first-order valence-electron chi connectivity index (χ1n) is 17.5. The molecule has 6 aromatic rings. The van der Waals surface area contributed by atoms with Gasteiger partial charge in [0.2, 0.25) is 0 Å². The Labute approximate surface area is 327 Å². The van der Waals surface area contributed by atoms with Crippen LogP contribution < -0.4 is 28.7 Å². The number of rotatable bonds is 11. The molecule has 0 heterocycles. The Morgan fingerprint density at radius 3 is 1.07 bits per heavy atom. The van der Waals surface area contributed by atoms with Gasteiger partial charge in [0.1, 0.15) is 23.0 Å². The van der Waals surface area contributed by atoms with Gasteiger partial charge in [0.15, 0.2) is 0 Å². The second kappa shape index (κ2) is 15.8. The molecule has 0 aliphatic heterocycles. The van der Waals surface area contributed by atoms with E-state index in [1.807, 2.05) is 48.5 Å². The Hall–Kier alpha value is -6.14. The summed E-state index contributed by atoms with van der Waals surface area (Å²) in [5.74, 6) is 3.23. The number of hydrogen-bond donors (Lipinski definition) is 0. The van der Waals surface area contributed by atoms with Crippen LogP contribution in [0.2, 0.25) is 0 Å². The summed E-state index contributed by atoms with van der Waals surface area (Å²) in [5, 5.41) is 0. The number of hydrogen-bond acceptors (Lipinski definition) is 6. The predicted octanol–water partition coefficient (Wildman–Crippen LogP) is 11.8. The number of benzene rings is 6. The minimum Gasteiger partial charge on any atom is -0.497 e. The van der Waals surface area contributed by atoms with Gasteiger partial charge in [0, 0.05) is 51.2 Å². The second-order valence-corrected chi connectivity index (χ2v) is 12.7. The Morgan fingerprint density at radius 1 is 0.444 bits per heavy atom. The van der Waals surface area contributed by atoms with Crippen LogP contribution in [0.1, 0.15) is 17.5 Å². The third kappa shape index (κ3) is 7.00. The van der Waals surface area contributed by atoms with Gasteiger partial charge in [-0.3, -0.25) is 0 Å². The Morgan fingerprint density at radius 2 is 0.778 bits per heavy atom. The zero-order valence-electron chi connectivity index (χ0n) is 30.5. The average molecular weight is 752 g/mol. The van der Waals surface area contributed by atoms with Gasteiger partial charge >= 0.3 is 0 Å². The van der Waals surface area contributed by atoms with Crippen LogP contribution in [-0.4, -0.2) is 28.4 Å². The number of nitrogens with zero attached hydrogens (tertiary/aromatic N) is 2. The molecule has 0 unspecified atom stereocenters. The third-order valence-corrected chi connectivity index (χ3v) is 9.74. The van der Waals surface area contributed by atoms with Crippen molar-refractivity contribution in [3.05, 3.63) is 174 Å². The first-order valence-corrected chi connectivity index (χ1v) is 17.5. The summed E-state index contributed by atoms with van der Waals surface area (Å²) in [6.45, 7) is 0. The second-order valence-electron chi connectivity index (χ2n) is 12.7. The zero-order valence-corrected chi connectivity index (χ0v) is 31.6. The number of allylic oxidation sites excluding steroid dienone is 5. The van der Waals surface area contributed by atoms with Gasteiger partial charge in [-0.1, -0.05) is 24.1 Å². The molecule has 2 aliphatic carbocycles. The summed E-state index contributed by atoms with van der Waals surface area (Å²) in [7, 11) is 6.75. The monoisotopic (exact) mass is 751 g/mol. The molecule has 0 aromatic heterocycles. The maximum absolute atomic E-state index is 5.50. The first kappa shape index (κ1) is 36.2. The molecule has 0 saturated carbocycles. The molecule has 0 atom stereocenters. The molecule has 0 bridgehead atoms. The number of ether oxygens (including phenoxy) is 4. The van der Waals surface area contributed by atoms with Gasteiger partial charge in [-0.25, -0.2) is 0 Å². The molecule has 6 nitrogen and oxygen atoms in total. The third-order valence-electron chi connectivity index (χ3n) is 9.74. The van der Waals surface area contributed by atoms with Crippen molar-refractivity contribution in [2.75, 3.05) is 38.2 Å². The smallest absolute Gasteiger partial charge is 0.119 e. The summed E-state index contributed by atoms with van der Waals surface area (Å²) in [6, 6.07) is 46.2. The molecule has 0 amide bonds. The Balaban J connectivity index is 0.00000450. The van der Waals surface area contributed by atoms with Crippen molar-refractivity contribution < 1.29 is 36.0 Å².